The number of fused-ring (bicyclic) bond motifs is 1. The Morgan fingerprint density at radius 1 is 1.11 bits per heavy atom. The monoisotopic (exact) mass is 374 g/mol. The second kappa shape index (κ2) is 8.07. The van der Waals surface area contributed by atoms with E-state index in [0.29, 0.717) is 42.4 Å². The molecule has 0 radical (unpaired) electrons. The van der Waals surface area contributed by atoms with E-state index in [1.165, 1.54) is 12.8 Å². The summed E-state index contributed by atoms with van der Waals surface area (Å²) in [6.07, 6.45) is 2.65. The Morgan fingerprint density at radius 2 is 1.89 bits per heavy atom. The smallest absolute Gasteiger partial charge is 0.254 e. The summed E-state index contributed by atoms with van der Waals surface area (Å²) in [6.45, 7) is 9.01. The number of nitrogens with zero attached hydrogens (tertiary/aromatic N) is 2. The van der Waals surface area contributed by atoms with Crippen LogP contribution in [-0.2, 0) is 4.74 Å². The van der Waals surface area contributed by atoms with Crippen molar-refractivity contribution in [1.29, 1.82) is 0 Å². The number of benzene rings is 1. The summed E-state index contributed by atoms with van der Waals surface area (Å²) >= 11 is 0. The van der Waals surface area contributed by atoms with E-state index in [1.807, 2.05) is 36.9 Å². The SMILES string of the molecule is CCOc1ccc(C(=O)N2CCN3[C@@H](COC[C@@H]3C3CC3)C2)cc1OCC. The highest BCUT2D eigenvalue weighted by Crippen LogP contribution is 2.38. The number of hydrogen-bond acceptors (Lipinski definition) is 5. The van der Waals surface area contributed by atoms with Gasteiger partial charge in [-0.05, 0) is 50.8 Å². The first-order valence-corrected chi connectivity index (χ1v) is 10.2. The Kier molecular flexibility index (Phi) is 5.55. The predicted molar refractivity (Wildman–Crippen MR) is 103 cm³/mol. The summed E-state index contributed by atoms with van der Waals surface area (Å²) in [7, 11) is 0. The van der Waals surface area contributed by atoms with Gasteiger partial charge in [0.1, 0.15) is 0 Å². The summed E-state index contributed by atoms with van der Waals surface area (Å²) in [6, 6.07) is 6.36. The average Bonchev–Trinajstić information content (AvgIpc) is 3.53. The van der Waals surface area contributed by atoms with Crippen LogP contribution in [0.4, 0.5) is 0 Å². The van der Waals surface area contributed by atoms with E-state index in [0.717, 1.165) is 38.8 Å². The number of carbonyl (C=O) groups is 1. The second-order valence-corrected chi connectivity index (χ2v) is 7.61. The van der Waals surface area contributed by atoms with Gasteiger partial charge in [-0.15, -0.1) is 0 Å². The highest BCUT2D eigenvalue weighted by atomic mass is 16.5. The Balaban J connectivity index is 1.46. The minimum absolute atomic E-state index is 0.0622. The normalized spacial score (nSPS) is 25.8. The highest BCUT2D eigenvalue weighted by molar-refractivity contribution is 5.95. The maximum atomic E-state index is 13.1. The van der Waals surface area contributed by atoms with Gasteiger partial charge in [0.15, 0.2) is 11.5 Å². The average molecular weight is 374 g/mol. The molecule has 3 fully saturated rings. The fourth-order valence-electron chi connectivity index (χ4n) is 4.31. The van der Waals surface area contributed by atoms with Crippen molar-refractivity contribution >= 4 is 5.91 Å². The fraction of sp³-hybridized carbons (Fsp3) is 0.667. The molecule has 2 atom stereocenters. The van der Waals surface area contributed by atoms with E-state index in [1.54, 1.807) is 0 Å². The van der Waals surface area contributed by atoms with Crippen molar-refractivity contribution in [1.82, 2.24) is 9.80 Å². The maximum Gasteiger partial charge on any atom is 0.254 e. The molecule has 0 bridgehead atoms. The van der Waals surface area contributed by atoms with Crippen LogP contribution in [0.25, 0.3) is 0 Å². The van der Waals surface area contributed by atoms with E-state index >= 15 is 0 Å². The summed E-state index contributed by atoms with van der Waals surface area (Å²) in [4.78, 5) is 17.7. The molecule has 27 heavy (non-hydrogen) atoms. The third-order valence-corrected chi connectivity index (χ3v) is 5.80. The first kappa shape index (κ1) is 18.6. The molecule has 0 N–H and O–H groups in total. The van der Waals surface area contributed by atoms with Crippen LogP contribution >= 0.6 is 0 Å². The first-order valence-electron chi connectivity index (χ1n) is 10.2. The quantitative estimate of drug-likeness (QED) is 0.765. The molecule has 1 aromatic carbocycles. The Morgan fingerprint density at radius 3 is 2.63 bits per heavy atom. The van der Waals surface area contributed by atoms with Gasteiger partial charge in [-0.25, -0.2) is 0 Å². The molecule has 6 heteroatoms. The predicted octanol–water partition coefficient (Wildman–Crippen LogP) is 2.42. The van der Waals surface area contributed by atoms with Gasteiger partial charge in [0.25, 0.3) is 5.91 Å². The summed E-state index contributed by atoms with van der Waals surface area (Å²) in [5.41, 5.74) is 0.658. The molecule has 0 aromatic heterocycles. The summed E-state index contributed by atoms with van der Waals surface area (Å²) in [5.74, 6) is 2.19. The van der Waals surface area contributed by atoms with Crippen molar-refractivity contribution in [3.63, 3.8) is 0 Å². The van der Waals surface area contributed by atoms with Gasteiger partial charge in [0, 0.05) is 31.2 Å². The van der Waals surface area contributed by atoms with E-state index in [2.05, 4.69) is 4.90 Å². The van der Waals surface area contributed by atoms with Crippen LogP contribution in [0.15, 0.2) is 18.2 Å². The highest BCUT2D eigenvalue weighted by Gasteiger charge is 2.43. The molecule has 1 aromatic rings. The zero-order valence-corrected chi connectivity index (χ0v) is 16.4. The number of hydrogen-bond donors (Lipinski definition) is 0. The number of ether oxygens (including phenoxy) is 3. The molecule has 2 aliphatic heterocycles. The molecule has 4 rings (SSSR count). The summed E-state index contributed by atoms with van der Waals surface area (Å²) in [5, 5.41) is 0. The minimum atomic E-state index is 0.0622. The Bertz CT molecular complexity index is 676. The van der Waals surface area contributed by atoms with Crippen LogP contribution in [-0.4, -0.2) is 73.9 Å². The Hall–Kier alpha value is -1.79. The standard InChI is InChI=1S/C21H30N2O4/c1-3-26-19-8-7-16(11-20(19)27-4-2)21(24)22-9-10-23-17(12-22)13-25-14-18(23)15-5-6-15/h7-8,11,15,17-18H,3-6,9-10,12-14H2,1-2H3/t17-,18-/m1/s1. The van der Waals surface area contributed by atoms with Crippen molar-refractivity contribution < 1.29 is 19.0 Å². The van der Waals surface area contributed by atoms with Gasteiger partial charge in [-0.1, -0.05) is 0 Å². The van der Waals surface area contributed by atoms with E-state index in [-0.39, 0.29) is 5.91 Å². The van der Waals surface area contributed by atoms with Crippen molar-refractivity contribution in [2.24, 2.45) is 5.92 Å². The topological polar surface area (TPSA) is 51.2 Å². The summed E-state index contributed by atoms with van der Waals surface area (Å²) < 4.78 is 17.1. The molecule has 1 amide bonds. The van der Waals surface area contributed by atoms with Crippen molar-refractivity contribution in [3.05, 3.63) is 23.8 Å². The lowest BCUT2D eigenvalue weighted by atomic mass is 10.0. The van der Waals surface area contributed by atoms with Crippen LogP contribution in [0.1, 0.15) is 37.0 Å². The van der Waals surface area contributed by atoms with Crippen molar-refractivity contribution in [2.75, 3.05) is 46.1 Å². The van der Waals surface area contributed by atoms with E-state index in [9.17, 15) is 4.79 Å². The lowest BCUT2D eigenvalue weighted by Gasteiger charge is -2.48. The lowest BCUT2D eigenvalue weighted by Crippen LogP contribution is -2.63. The van der Waals surface area contributed by atoms with E-state index in [4.69, 9.17) is 14.2 Å². The van der Waals surface area contributed by atoms with Crippen molar-refractivity contribution in [3.8, 4) is 11.5 Å². The van der Waals surface area contributed by atoms with Gasteiger partial charge in [0.2, 0.25) is 0 Å². The minimum Gasteiger partial charge on any atom is -0.490 e. The van der Waals surface area contributed by atoms with Gasteiger partial charge in [-0.3, -0.25) is 9.69 Å². The van der Waals surface area contributed by atoms with Crippen LogP contribution in [0, 0.1) is 5.92 Å². The van der Waals surface area contributed by atoms with Crippen LogP contribution in [0.2, 0.25) is 0 Å². The van der Waals surface area contributed by atoms with Gasteiger partial charge in [0.05, 0.1) is 32.5 Å². The molecule has 3 aliphatic rings. The molecular formula is C21H30N2O4. The molecule has 2 saturated heterocycles. The number of amides is 1. The van der Waals surface area contributed by atoms with Gasteiger partial charge >= 0.3 is 0 Å². The van der Waals surface area contributed by atoms with Gasteiger partial charge in [-0.2, -0.15) is 0 Å². The zero-order valence-electron chi connectivity index (χ0n) is 16.4. The van der Waals surface area contributed by atoms with Crippen LogP contribution in [0.5, 0.6) is 11.5 Å². The number of piperazine rings is 1. The number of rotatable bonds is 6. The molecule has 6 nitrogen and oxygen atoms in total. The second-order valence-electron chi connectivity index (χ2n) is 7.61. The third kappa shape index (κ3) is 3.92. The molecule has 1 aliphatic carbocycles. The maximum absolute atomic E-state index is 13.1. The van der Waals surface area contributed by atoms with Crippen LogP contribution < -0.4 is 9.47 Å². The molecule has 1 saturated carbocycles. The van der Waals surface area contributed by atoms with E-state index < -0.39 is 0 Å². The zero-order chi connectivity index (χ0) is 18.8. The molecule has 0 unspecified atom stereocenters. The fourth-order valence-corrected chi connectivity index (χ4v) is 4.31. The third-order valence-electron chi connectivity index (χ3n) is 5.80. The molecule has 2 heterocycles. The van der Waals surface area contributed by atoms with Gasteiger partial charge < -0.3 is 19.1 Å². The number of morpholine rings is 1. The molecule has 0 spiro atoms. The Labute approximate surface area is 161 Å². The molecule has 148 valence electrons. The van der Waals surface area contributed by atoms with Crippen molar-refractivity contribution in [2.45, 2.75) is 38.8 Å². The van der Waals surface area contributed by atoms with Crippen LogP contribution in [0.3, 0.4) is 0 Å². The number of carbonyl (C=O) groups excluding carboxylic acids is 1. The largest absolute Gasteiger partial charge is 0.490 e. The lowest BCUT2D eigenvalue weighted by molar-refractivity contribution is -0.0816. The molecular weight excluding hydrogens is 344 g/mol. The first-order chi connectivity index (χ1) is 13.2.